The molecule has 0 aliphatic carbocycles. The molecule has 0 fully saturated rings. The Morgan fingerprint density at radius 3 is 2.60 bits per heavy atom. The Hall–Kier alpha value is -2.66. The molecular formula is C20H20FNO3. The van der Waals surface area contributed by atoms with Gasteiger partial charge in [0.15, 0.2) is 0 Å². The van der Waals surface area contributed by atoms with Gasteiger partial charge < -0.3 is 14.4 Å². The van der Waals surface area contributed by atoms with Gasteiger partial charge in [0.05, 0.1) is 12.3 Å². The minimum Gasteiger partial charge on any atom is -0.494 e. The van der Waals surface area contributed by atoms with Crippen molar-refractivity contribution in [1.29, 1.82) is 0 Å². The van der Waals surface area contributed by atoms with Crippen molar-refractivity contribution in [2.45, 2.75) is 26.9 Å². The number of aliphatic hydroxyl groups excluding tert-OH is 1. The smallest absolute Gasteiger partial charge is 0.141 e. The first-order chi connectivity index (χ1) is 12.0. The average molecular weight is 341 g/mol. The molecule has 0 bridgehead atoms. The fourth-order valence-electron chi connectivity index (χ4n) is 2.94. The molecular weight excluding hydrogens is 321 g/mol. The zero-order valence-electron chi connectivity index (χ0n) is 14.4. The molecule has 4 nitrogen and oxygen atoms in total. The highest BCUT2D eigenvalue weighted by atomic mass is 19.1. The van der Waals surface area contributed by atoms with Crippen LogP contribution in [-0.2, 0) is 0 Å². The van der Waals surface area contributed by atoms with Crippen molar-refractivity contribution in [2.24, 2.45) is 0 Å². The molecule has 5 heteroatoms. The first-order valence-electron chi connectivity index (χ1n) is 8.14. The minimum absolute atomic E-state index is 0.386. The number of hydrogen-bond acceptors (Lipinski definition) is 4. The summed E-state index contributed by atoms with van der Waals surface area (Å²) in [6, 6.07) is 11.4. The summed E-state index contributed by atoms with van der Waals surface area (Å²) in [5.74, 6) is 0.936. The van der Waals surface area contributed by atoms with E-state index in [1.807, 2.05) is 32.9 Å². The highest BCUT2D eigenvalue weighted by Gasteiger charge is 2.18. The van der Waals surface area contributed by atoms with Crippen LogP contribution < -0.4 is 4.74 Å². The molecule has 1 atom stereocenters. The summed E-state index contributed by atoms with van der Waals surface area (Å²) in [7, 11) is 0. The first-order valence-corrected chi connectivity index (χ1v) is 8.14. The van der Waals surface area contributed by atoms with E-state index in [4.69, 9.17) is 9.26 Å². The van der Waals surface area contributed by atoms with Crippen molar-refractivity contribution in [2.75, 3.05) is 6.61 Å². The molecule has 1 aromatic heterocycles. The van der Waals surface area contributed by atoms with Crippen LogP contribution in [0.25, 0.3) is 11.1 Å². The second kappa shape index (κ2) is 7.07. The molecule has 0 aliphatic heterocycles. The summed E-state index contributed by atoms with van der Waals surface area (Å²) in [4.78, 5) is 0. The summed E-state index contributed by atoms with van der Waals surface area (Å²) >= 11 is 0. The minimum atomic E-state index is -0.963. The van der Waals surface area contributed by atoms with E-state index in [-0.39, 0.29) is 5.82 Å². The Bertz CT molecular complexity index is 869. The zero-order valence-corrected chi connectivity index (χ0v) is 14.4. The molecule has 3 aromatic rings. The standard InChI is InChI=1S/C20H20FNO3/c1-4-24-18-10-15(19-12(2)22-25-13(19)3)8-16(11-18)20(23)14-6-5-7-17(21)9-14/h5-11,20,23H,4H2,1-3H3. The normalized spacial score (nSPS) is 12.2. The monoisotopic (exact) mass is 341 g/mol. The fraction of sp³-hybridized carbons (Fsp3) is 0.250. The van der Waals surface area contributed by atoms with E-state index < -0.39 is 6.10 Å². The molecule has 0 amide bonds. The van der Waals surface area contributed by atoms with Crippen molar-refractivity contribution in [3.63, 3.8) is 0 Å². The van der Waals surface area contributed by atoms with Crippen LogP contribution in [0.1, 0.15) is 35.6 Å². The maximum atomic E-state index is 13.5. The lowest BCUT2D eigenvalue weighted by Gasteiger charge is -2.15. The van der Waals surface area contributed by atoms with Gasteiger partial charge in [-0.1, -0.05) is 17.3 Å². The van der Waals surface area contributed by atoms with E-state index in [9.17, 15) is 9.50 Å². The van der Waals surface area contributed by atoms with Crippen LogP contribution in [0.15, 0.2) is 47.0 Å². The Morgan fingerprint density at radius 2 is 1.96 bits per heavy atom. The molecule has 3 rings (SSSR count). The average Bonchev–Trinajstić information content (AvgIpc) is 2.93. The number of aliphatic hydroxyl groups is 1. The van der Waals surface area contributed by atoms with Gasteiger partial charge in [0.2, 0.25) is 0 Å². The van der Waals surface area contributed by atoms with Gasteiger partial charge in [-0.3, -0.25) is 0 Å². The van der Waals surface area contributed by atoms with Crippen LogP contribution in [0.5, 0.6) is 5.75 Å². The lowest BCUT2D eigenvalue weighted by Crippen LogP contribution is -2.02. The predicted molar refractivity (Wildman–Crippen MR) is 93.0 cm³/mol. The molecule has 0 spiro atoms. The topological polar surface area (TPSA) is 55.5 Å². The largest absolute Gasteiger partial charge is 0.494 e. The van der Waals surface area contributed by atoms with Crippen molar-refractivity contribution in [3.05, 3.63) is 70.9 Å². The van der Waals surface area contributed by atoms with E-state index in [0.29, 0.717) is 29.2 Å². The summed E-state index contributed by atoms with van der Waals surface area (Å²) in [6.45, 7) is 6.10. The zero-order chi connectivity index (χ0) is 18.0. The number of ether oxygens (including phenoxy) is 1. The molecule has 1 N–H and O–H groups in total. The van der Waals surface area contributed by atoms with Crippen LogP contribution in [0.4, 0.5) is 4.39 Å². The fourth-order valence-corrected chi connectivity index (χ4v) is 2.94. The van der Waals surface area contributed by atoms with E-state index in [1.54, 1.807) is 18.2 Å². The second-order valence-corrected chi connectivity index (χ2v) is 5.88. The highest BCUT2D eigenvalue weighted by molar-refractivity contribution is 5.70. The summed E-state index contributed by atoms with van der Waals surface area (Å²) < 4.78 is 24.4. The maximum Gasteiger partial charge on any atom is 0.141 e. The van der Waals surface area contributed by atoms with Crippen molar-refractivity contribution < 1.29 is 18.8 Å². The predicted octanol–water partition coefficient (Wildman–Crippen LogP) is 4.58. The van der Waals surface area contributed by atoms with Gasteiger partial charge in [0, 0.05) is 5.56 Å². The number of benzene rings is 2. The molecule has 2 aromatic carbocycles. The third-order valence-electron chi connectivity index (χ3n) is 4.04. The van der Waals surface area contributed by atoms with Gasteiger partial charge >= 0.3 is 0 Å². The number of hydrogen-bond donors (Lipinski definition) is 1. The van der Waals surface area contributed by atoms with Crippen molar-refractivity contribution >= 4 is 0 Å². The Kier molecular flexibility index (Phi) is 4.86. The lowest BCUT2D eigenvalue weighted by molar-refractivity contribution is 0.219. The number of nitrogens with zero attached hydrogens (tertiary/aromatic N) is 1. The molecule has 1 heterocycles. The summed E-state index contributed by atoms with van der Waals surface area (Å²) in [6.07, 6.45) is -0.963. The highest BCUT2D eigenvalue weighted by Crippen LogP contribution is 2.34. The van der Waals surface area contributed by atoms with E-state index in [2.05, 4.69) is 5.16 Å². The quantitative estimate of drug-likeness (QED) is 0.738. The Labute approximate surface area is 145 Å². The number of halogens is 1. The number of aryl methyl sites for hydroxylation is 2. The van der Waals surface area contributed by atoms with Gasteiger partial charge in [-0.05, 0) is 67.8 Å². The molecule has 25 heavy (non-hydrogen) atoms. The molecule has 130 valence electrons. The molecule has 1 unspecified atom stereocenters. The van der Waals surface area contributed by atoms with Crippen LogP contribution in [0, 0.1) is 19.7 Å². The van der Waals surface area contributed by atoms with Crippen LogP contribution in [0.3, 0.4) is 0 Å². The number of aromatic nitrogens is 1. The van der Waals surface area contributed by atoms with Gasteiger partial charge in [0.1, 0.15) is 23.4 Å². The summed E-state index contributed by atoms with van der Waals surface area (Å²) in [5, 5.41) is 14.7. The van der Waals surface area contributed by atoms with Gasteiger partial charge in [-0.25, -0.2) is 4.39 Å². The second-order valence-electron chi connectivity index (χ2n) is 5.88. The van der Waals surface area contributed by atoms with E-state index >= 15 is 0 Å². The van der Waals surface area contributed by atoms with Crippen LogP contribution in [-0.4, -0.2) is 16.9 Å². The van der Waals surface area contributed by atoms with Gasteiger partial charge in [-0.15, -0.1) is 0 Å². The third kappa shape index (κ3) is 3.56. The van der Waals surface area contributed by atoms with Gasteiger partial charge in [0.25, 0.3) is 0 Å². The van der Waals surface area contributed by atoms with Crippen molar-refractivity contribution in [3.8, 4) is 16.9 Å². The maximum absolute atomic E-state index is 13.5. The van der Waals surface area contributed by atoms with Crippen molar-refractivity contribution in [1.82, 2.24) is 5.16 Å². The molecule has 0 radical (unpaired) electrons. The SMILES string of the molecule is CCOc1cc(-c2c(C)noc2C)cc(C(O)c2cccc(F)c2)c1. The third-order valence-corrected chi connectivity index (χ3v) is 4.04. The van der Waals surface area contributed by atoms with Crippen LogP contribution >= 0.6 is 0 Å². The Balaban J connectivity index is 2.10. The molecule has 0 saturated heterocycles. The molecule has 0 saturated carbocycles. The first kappa shape index (κ1) is 17.2. The Morgan fingerprint density at radius 1 is 1.16 bits per heavy atom. The van der Waals surface area contributed by atoms with E-state index in [0.717, 1.165) is 16.8 Å². The van der Waals surface area contributed by atoms with E-state index in [1.165, 1.54) is 12.1 Å². The van der Waals surface area contributed by atoms with Gasteiger partial charge in [-0.2, -0.15) is 0 Å². The molecule has 0 aliphatic rings. The number of rotatable bonds is 5. The van der Waals surface area contributed by atoms with Crippen LogP contribution in [0.2, 0.25) is 0 Å². The summed E-state index contributed by atoms with van der Waals surface area (Å²) in [5.41, 5.74) is 3.57. The lowest BCUT2D eigenvalue weighted by atomic mass is 9.96.